The molecule has 2 heterocycles. The van der Waals surface area contributed by atoms with Crippen LogP contribution >= 0.6 is 0 Å². The van der Waals surface area contributed by atoms with Gasteiger partial charge in [-0.15, -0.1) is 0 Å². The SMILES string of the molecule is Cc1ccc(CC(=O)NCc2cccc(OC3=CC(=O)N(C4CCC(=O)NC4=O)C3=O)c2)cc1C. The molecule has 1 atom stereocenters. The van der Waals surface area contributed by atoms with Crippen LogP contribution in [0.2, 0.25) is 0 Å². The fourth-order valence-electron chi connectivity index (χ4n) is 3.97. The summed E-state index contributed by atoms with van der Waals surface area (Å²) in [6, 6.07) is 11.6. The summed E-state index contributed by atoms with van der Waals surface area (Å²) in [5.41, 5.74) is 3.98. The summed E-state index contributed by atoms with van der Waals surface area (Å²) >= 11 is 0. The monoisotopic (exact) mass is 475 g/mol. The number of nitrogens with one attached hydrogen (secondary N) is 2. The van der Waals surface area contributed by atoms with E-state index in [1.807, 2.05) is 32.0 Å². The summed E-state index contributed by atoms with van der Waals surface area (Å²) < 4.78 is 5.64. The zero-order valence-electron chi connectivity index (χ0n) is 19.4. The van der Waals surface area contributed by atoms with E-state index in [0.29, 0.717) is 5.75 Å². The van der Waals surface area contributed by atoms with Gasteiger partial charge in [0.1, 0.15) is 11.8 Å². The van der Waals surface area contributed by atoms with Crippen LogP contribution in [-0.2, 0) is 36.9 Å². The molecule has 2 aliphatic heterocycles. The first kappa shape index (κ1) is 23.9. The molecule has 2 aliphatic rings. The molecule has 2 aromatic rings. The topological polar surface area (TPSA) is 122 Å². The average molecular weight is 476 g/mol. The van der Waals surface area contributed by atoms with E-state index in [4.69, 9.17) is 4.74 Å². The molecule has 1 unspecified atom stereocenters. The molecule has 2 aromatic carbocycles. The first-order valence-electron chi connectivity index (χ1n) is 11.2. The minimum absolute atomic E-state index is 0.0426. The van der Waals surface area contributed by atoms with E-state index >= 15 is 0 Å². The van der Waals surface area contributed by atoms with Gasteiger partial charge in [-0.3, -0.25) is 34.2 Å². The molecule has 0 saturated carbocycles. The summed E-state index contributed by atoms with van der Waals surface area (Å²) in [6.07, 6.45) is 1.41. The van der Waals surface area contributed by atoms with E-state index in [1.165, 1.54) is 5.56 Å². The van der Waals surface area contributed by atoms with Gasteiger partial charge in [0.15, 0.2) is 5.76 Å². The van der Waals surface area contributed by atoms with Crippen molar-refractivity contribution in [2.75, 3.05) is 0 Å². The van der Waals surface area contributed by atoms with Gasteiger partial charge in [-0.1, -0.05) is 30.3 Å². The molecule has 0 bridgehead atoms. The third kappa shape index (κ3) is 5.46. The van der Waals surface area contributed by atoms with Crippen LogP contribution in [0.15, 0.2) is 54.3 Å². The first-order valence-corrected chi connectivity index (χ1v) is 11.2. The van der Waals surface area contributed by atoms with Gasteiger partial charge in [0.25, 0.3) is 11.8 Å². The highest BCUT2D eigenvalue weighted by molar-refractivity contribution is 6.18. The second-order valence-electron chi connectivity index (χ2n) is 8.61. The molecular weight excluding hydrogens is 450 g/mol. The van der Waals surface area contributed by atoms with Gasteiger partial charge >= 0.3 is 0 Å². The lowest BCUT2D eigenvalue weighted by Gasteiger charge is -2.27. The van der Waals surface area contributed by atoms with E-state index < -0.39 is 29.7 Å². The molecular formula is C26H25N3O6. The van der Waals surface area contributed by atoms with E-state index in [2.05, 4.69) is 10.6 Å². The van der Waals surface area contributed by atoms with Crippen molar-refractivity contribution in [2.24, 2.45) is 0 Å². The molecule has 9 heteroatoms. The van der Waals surface area contributed by atoms with Crippen LogP contribution < -0.4 is 15.4 Å². The summed E-state index contributed by atoms with van der Waals surface area (Å²) in [7, 11) is 0. The zero-order chi connectivity index (χ0) is 25.1. The molecule has 0 radical (unpaired) electrons. The standard InChI is InChI=1S/C26H25N3O6/c1-15-6-7-17(10-16(15)2)12-23(31)27-14-18-4-3-5-19(11-18)35-21-13-24(32)29(26(21)34)20-8-9-22(30)28-25(20)33/h3-7,10-11,13,20H,8-9,12,14H2,1-2H3,(H,27,31)(H,28,30,33). The Morgan fingerprint density at radius 2 is 1.86 bits per heavy atom. The molecule has 0 aliphatic carbocycles. The average Bonchev–Trinajstić information content (AvgIpc) is 3.08. The smallest absolute Gasteiger partial charge is 0.297 e. The lowest BCUT2D eigenvalue weighted by Crippen LogP contribution is -2.54. The van der Waals surface area contributed by atoms with Gasteiger partial charge in [-0.25, -0.2) is 0 Å². The Hall–Kier alpha value is -4.27. The van der Waals surface area contributed by atoms with Gasteiger partial charge in [0.05, 0.1) is 12.5 Å². The molecule has 1 saturated heterocycles. The molecule has 1 fully saturated rings. The van der Waals surface area contributed by atoms with E-state index in [9.17, 15) is 24.0 Å². The number of amides is 5. The zero-order valence-corrected chi connectivity index (χ0v) is 19.4. The van der Waals surface area contributed by atoms with Gasteiger partial charge in [-0.2, -0.15) is 0 Å². The van der Waals surface area contributed by atoms with Gasteiger partial charge in [-0.05, 0) is 54.7 Å². The van der Waals surface area contributed by atoms with Crippen molar-refractivity contribution in [2.45, 2.75) is 45.7 Å². The molecule has 35 heavy (non-hydrogen) atoms. The van der Waals surface area contributed by atoms with Crippen LogP contribution in [0.4, 0.5) is 0 Å². The maximum absolute atomic E-state index is 12.8. The Balaban J connectivity index is 1.35. The largest absolute Gasteiger partial charge is 0.451 e. The summed E-state index contributed by atoms with van der Waals surface area (Å²) in [6.45, 7) is 4.28. The molecule has 9 nitrogen and oxygen atoms in total. The number of ether oxygens (including phenoxy) is 1. The molecule has 4 rings (SSSR count). The number of hydrogen-bond donors (Lipinski definition) is 2. The molecule has 180 valence electrons. The Labute approximate surface area is 202 Å². The maximum Gasteiger partial charge on any atom is 0.297 e. The predicted octanol–water partition coefficient (Wildman–Crippen LogP) is 1.60. The van der Waals surface area contributed by atoms with Crippen LogP contribution in [0.3, 0.4) is 0 Å². The van der Waals surface area contributed by atoms with Crippen molar-refractivity contribution in [1.29, 1.82) is 0 Å². The number of imide groups is 2. The van der Waals surface area contributed by atoms with Crippen LogP contribution in [-0.4, -0.2) is 40.5 Å². The Morgan fingerprint density at radius 1 is 1.06 bits per heavy atom. The fourth-order valence-corrected chi connectivity index (χ4v) is 3.97. The second kappa shape index (κ2) is 9.92. The van der Waals surface area contributed by atoms with E-state index in [-0.39, 0.29) is 37.5 Å². The number of nitrogens with zero attached hydrogens (tertiary/aromatic N) is 1. The highest BCUT2D eigenvalue weighted by Gasteiger charge is 2.43. The third-order valence-corrected chi connectivity index (χ3v) is 6.00. The van der Waals surface area contributed by atoms with Gasteiger partial charge < -0.3 is 10.1 Å². The molecule has 0 aromatic heterocycles. The summed E-state index contributed by atoms with van der Waals surface area (Å²) in [5, 5.41) is 5.01. The number of piperidine rings is 1. The Kier molecular flexibility index (Phi) is 6.77. The summed E-state index contributed by atoms with van der Waals surface area (Å²) in [4.78, 5) is 61.8. The van der Waals surface area contributed by atoms with Crippen molar-refractivity contribution in [3.63, 3.8) is 0 Å². The third-order valence-electron chi connectivity index (χ3n) is 6.00. The van der Waals surface area contributed by atoms with Crippen molar-refractivity contribution in [1.82, 2.24) is 15.5 Å². The van der Waals surface area contributed by atoms with Gasteiger partial charge in [0.2, 0.25) is 17.7 Å². The molecule has 2 N–H and O–H groups in total. The highest BCUT2D eigenvalue weighted by atomic mass is 16.5. The van der Waals surface area contributed by atoms with Crippen LogP contribution in [0.5, 0.6) is 5.75 Å². The number of carbonyl (C=O) groups excluding carboxylic acids is 5. The molecule has 5 amide bonds. The Morgan fingerprint density at radius 3 is 2.60 bits per heavy atom. The lowest BCUT2D eigenvalue weighted by atomic mass is 10.0. The fraction of sp³-hybridized carbons (Fsp3) is 0.269. The maximum atomic E-state index is 12.8. The summed E-state index contributed by atoms with van der Waals surface area (Å²) in [5.74, 6) is -2.56. The quantitative estimate of drug-likeness (QED) is 0.587. The number of hydrogen-bond acceptors (Lipinski definition) is 6. The number of carbonyl (C=O) groups is 5. The second-order valence-corrected chi connectivity index (χ2v) is 8.61. The van der Waals surface area contributed by atoms with Crippen molar-refractivity contribution >= 4 is 29.5 Å². The number of aryl methyl sites for hydroxylation is 2. The lowest BCUT2D eigenvalue weighted by molar-refractivity contribution is -0.150. The minimum atomic E-state index is -1.05. The number of benzene rings is 2. The van der Waals surface area contributed by atoms with Crippen LogP contribution in [0, 0.1) is 13.8 Å². The van der Waals surface area contributed by atoms with Crippen molar-refractivity contribution < 1.29 is 28.7 Å². The van der Waals surface area contributed by atoms with Gasteiger partial charge in [0, 0.05) is 13.0 Å². The van der Waals surface area contributed by atoms with Crippen molar-refractivity contribution in [3.8, 4) is 5.75 Å². The highest BCUT2D eigenvalue weighted by Crippen LogP contribution is 2.24. The van der Waals surface area contributed by atoms with Crippen LogP contribution in [0.25, 0.3) is 0 Å². The van der Waals surface area contributed by atoms with Crippen LogP contribution in [0.1, 0.15) is 35.1 Å². The van der Waals surface area contributed by atoms with E-state index in [0.717, 1.165) is 27.7 Å². The van der Waals surface area contributed by atoms with Crippen molar-refractivity contribution in [3.05, 3.63) is 76.6 Å². The Bertz CT molecular complexity index is 1270. The van der Waals surface area contributed by atoms with E-state index in [1.54, 1.807) is 24.3 Å². The first-order chi connectivity index (χ1) is 16.7. The molecule has 0 spiro atoms. The number of rotatable bonds is 7. The minimum Gasteiger partial charge on any atom is -0.451 e. The predicted molar refractivity (Wildman–Crippen MR) is 125 cm³/mol. The normalized spacial score (nSPS) is 17.8.